The molecule has 0 bridgehead atoms. The first-order valence-corrected chi connectivity index (χ1v) is 6.65. The third kappa shape index (κ3) is 4.43. The van der Waals surface area contributed by atoms with E-state index in [4.69, 9.17) is 9.84 Å². The smallest absolute Gasteiger partial charge is 0.307 e. The number of aliphatic carboxylic acids is 1. The molecule has 0 saturated carbocycles. The quantitative estimate of drug-likeness (QED) is 0.873. The van der Waals surface area contributed by atoms with Crippen LogP contribution in [0, 0.1) is 0 Å². The van der Waals surface area contributed by atoms with Gasteiger partial charge in [0, 0.05) is 0 Å². The van der Waals surface area contributed by atoms with Gasteiger partial charge >= 0.3 is 5.97 Å². The van der Waals surface area contributed by atoms with E-state index in [1.807, 2.05) is 42.5 Å². The van der Waals surface area contributed by atoms with E-state index in [9.17, 15) is 4.79 Å². The summed E-state index contributed by atoms with van der Waals surface area (Å²) in [6, 6.07) is 18.0. The summed E-state index contributed by atoms with van der Waals surface area (Å²) >= 11 is 0. The number of carboxylic acids is 1. The molecule has 0 saturated heterocycles. The average molecular weight is 270 g/mol. The molecule has 20 heavy (non-hydrogen) atoms. The zero-order chi connectivity index (χ0) is 14.4. The van der Waals surface area contributed by atoms with E-state index in [1.165, 1.54) is 11.1 Å². The summed E-state index contributed by atoms with van der Waals surface area (Å²) in [5.41, 5.74) is 2.47. The highest BCUT2D eigenvalue weighted by Gasteiger charge is 2.08. The number of carbonyl (C=O) groups is 1. The zero-order valence-electron chi connectivity index (χ0n) is 11.5. The van der Waals surface area contributed by atoms with Gasteiger partial charge in [0.15, 0.2) is 0 Å². The molecule has 2 rings (SSSR count). The molecule has 0 fully saturated rings. The Balaban J connectivity index is 1.94. The maximum atomic E-state index is 10.6. The summed E-state index contributed by atoms with van der Waals surface area (Å²) in [5, 5.41) is 8.69. The van der Waals surface area contributed by atoms with E-state index in [-0.39, 0.29) is 12.5 Å². The van der Waals surface area contributed by atoms with Gasteiger partial charge in [-0.3, -0.25) is 4.79 Å². The van der Waals surface area contributed by atoms with Crippen LogP contribution in [0.1, 0.15) is 24.5 Å². The van der Waals surface area contributed by atoms with Crippen LogP contribution in [-0.2, 0) is 11.2 Å². The van der Waals surface area contributed by atoms with Gasteiger partial charge in [-0.2, -0.15) is 0 Å². The van der Waals surface area contributed by atoms with Crippen molar-refractivity contribution >= 4 is 5.97 Å². The lowest BCUT2D eigenvalue weighted by atomic mass is 10.1. The average Bonchev–Trinajstić information content (AvgIpc) is 2.41. The van der Waals surface area contributed by atoms with Crippen molar-refractivity contribution in [1.29, 1.82) is 0 Å². The van der Waals surface area contributed by atoms with Crippen LogP contribution in [0.5, 0.6) is 5.75 Å². The first kappa shape index (κ1) is 14.1. The van der Waals surface area contributed by atoms with Crippen LogP contribution < -0.4 is 4.74 Å². The Morgan fingerprint density at radius 3 is 2.25 bits per heavy atom. The lowest BCUT2D eigenvalue weighted by molar-refractivity contribution is -0.138. The topological polar surface area (TPSA) is 46.5 Å². The highest BCUT2D eigenvalue weighted by atomic mass is 16.5. The molecule has 0 unspecified atom stereocenters. The summed E-state index contributed by atoms with van der Waals surface area (Å²) in [7, 11) is 0. The molecule has 0 radical (unpaired) electrons. The fraction of sp³-hybridized carbons (Fsp3) is 0.235. The summed E-state index contributed by atoms with van der Waals surface area (Å²) in [4.78, 5) is 10.6. The normalized spacial score (nSPS) is 11.8. The SMILES string of the molecule is C[C@H](CC(=O)O)Oc1ccc(Cc2ccccc2)cc1. The summed E-state index contributed by atoms with van der Waals surface area (Å²) < 4.78 is 5.55. The molecule has 0 aliphatic heterocycles. The summed E-state index contributed by atoms with van der Waals surface area (Å²) in [6.45, 7) is 1.76. The first-order valence-electron chi connectivity index (χ1n) is 6.65. The largest absolute Gasteiger partial charge is 0.490 e. The third-order valence-electron chi connectivity index (χ3n) is 2.97. The van der Waals surface area contributed by atoms with Crippen molar-refractivity contribution < 1.29 is 14.6 Å². The molecule has 0 aliphatic carbocycles. The molecule has 0 amide bonds. The summed E-state index contributed by atoms with van der Waals surface area (Å²) in [5.74, 6) is -0.145. The summed E-state index contributed by atoms with van der Waals surface area (Å²) in [6.07, 6.45) is 0.560. The number of ether oxygens (including phenoxy) is 1. The molecule has 0 spiro atoms. The van der Waals surface area contributed by atoms with Crippen molar-refractivity contribution in [3.63, 3.8) is 0 Å². The van der Waals surface area contributed by atoms with Crippen LogP contribution in [0.3, 0.4) is 0 Å². The molecule has 3 nitrogen and oxygen atoms in total. The lowest BCUT2D eigenvalue weighted by Crippen LogP contribution is -2.16. The van der Waals surface area contributed by atoms with Crippen molar-refractivity contribution in [1.82, 2.24) is 0 Å². The van der Waals surface area contributed by atoms with Crippen LogP contribution in [0.4, 0.5) is 0 Å². The molecule has 2 aromatic carbocycles. The Hall–Kier alpha value is -2.29. The van der Waals surface area contributed by atoms with Gasteiger partial charge in [0.1, 0.15) is 11.9 Å². The highest BCUT2D eigenvalue weighted by Crippen LogP contribution is 2.17. The maximum Gasteiger partial charge on any atom is 0.307 e. The fourth-order valence-electron chi connectivity index (χ4n) is 2.04. The number of carboxylic acid groups (broad SMARTS) is 1. The molecular weight excluding hydrogens is 252 g/mol. The van der Waals surface area contributed by atoms with Gasteiger partial charge in [0.2, 0.25) is 0 Å². The monoisotopic (exact) mass is 270 g/mol. The van der Waals surface area contributed by atoms with Gasteiger partial charge in [-0.25, -0.2) is 0 Å². The fourth-order valence-corrected chi connectivity index (χ4v) is 2.04. The molecule has 3 heteroatoms. The van der Waals surface area contributed by atoms with E-state index in [2.05, 4.69) is 12.1 Å². The third-order valence-corrected chi connectivity index (χ3v) is 2.97. The van der Waals surface area contributed by atoms with Crippen molar-refractivity contribution in [2.45, 2.75) is 25.9 Å². The predicted molar refractivity (Wildman–Crippen MR) is 78.0 cm³/mol. The molecule has 2 aromatic rings. The Morgan fingerprint density at radius 1 is 1.05 bits per heavy atom. The van der Waals surface area contributed by atoms with E-state index >= 15 is 0 Å². The number of hydrogen-bond donors (Lipinski definition) is 1. The minimum Gasteiger partial charge on any atom is -0.490 e. The molecular formula is C17H18O3. The van der Waals surface area contributed by atoms with Gasteiger partial charge in [0.05, 0.1) is 6.42 Å². The molecule has 104 valence electrons. The Bertz CT molecular complexity index is 546. The molecule has 0 aromatic heterocycles. The standard InChI is InChI=1S/C17H18O3/c1-13(11-17(18)19)20-16-9-7-15(8-10-16)12-14-5-3-2-4-6-14/h2-10,13H,11-12H2,1H3,(H,18,19)/t13-/m1/s1. The second-order valence-electron chi connectivity index (χ2n) is 4.83. The van der Waals surface area contributed by atoms with Gasteiger partial charge in [-0.05, 0) is 36.6 Å². The van der Waals surface area contributed by atoms with Gasteiger partial charge in [-0.15, -0.1) is 0 Å². The maximum absolute atomic E-state index is 10.6. The Morgan fingerprint density at radius 2 is 1.65 bits per heavy atom. The molecule has 0 aliphatic rings. The zero-order valence-corrected chi connectivity index (χ0v) is 11.5. The van der Waals surface area contributed by atoms with Crippen LogP contribution in [0.15, 0.2) is 54.6 Å². The van der Waals surface area contributed by atoms with Gasteiger partial charge in [0.25, 0.3) is 0 Å². The van der Waals surface area contributed by atoms with Crippen LogP contribution in [0.2, 0.25) is 0 Å². The number of hydrogen-bond acceptors (Lipinski definition) is 2. The van der Waals surface area contributed by atoms with Crippen molar-refractivity contribution in [2.24, 2.45) is 0 Å². The van der Waals surface area contributed by atoms with Gasteiger partial charge in [-0.1, -0.05) is 42.5 Å². The number of benzene rings is 2. The van der Waals surface area contributed by atoms with E-state index in [0.29, 0.717) is 5.75 Å². The van der Waals surface area contributed by atoms with Gasteiger partial charge < -0.3 is 9.84 Å². The minimum absolute atomic E-state index is 0.00572. The van der Waals surface area contributed by atoms with Crippen LogP contribution in [-0.4, -0.2) is 17.2 Å². The molecule has 1 N–H and O–H groups in total. The minimum atomic E-state index is -0.849. The number of rotatable bonds is 6. The second kappa shape index (κ2) is 6.75. The van der Waals surface area contributed by atoms with E-state index in [1.54, 1.807) is 6.92 Å². The lowest BCUT2D eigenvalue weighted by Gasteiger charge is -2.13. The Kier molecular flexibility index (Phi) is 4.77. The van der Waals surface area contributed by atoms with Crippen molar-refractivity contribution in [2.75, 3.05) is 0 Å². The first-order chi connectivity index (χ1) is 9.63. The van der Waals surface area contributed by atoms with E-state index < -0.39 is 5.97 Å². The molecule has 1 atom stereocenters. The second-order valence-corrected chi connectivity index (χ2v) is 4.83. The highest BCUT2D eigenvalue weighted by molar-refractivity contribution is 5.67. The molecule has 0 heterocycles. The van der Waals surface area contributed by atoms with Crippen LogP contribution >= 0.6 is 0 Å². The van der Waals surface area contributed by atoms with Crippen molar-refractivity contribution in [3.8, 4) is 5.75 Å². The van der Waals surface area contributed by atoms with Crippen LogP contribution in [0.25, 0.3) is 0 Å². The Labute approximate surface area is 118 Å². The predicted octanol–water partition coefficient (Wildman–Crippen LogP) is 3.52. The van der Waals surface area contributed by atoms with Crippen molar-refractivity contribution in [3.05, 3.63) is 65.7 Å². The van der Waals surface area contributed by atoms with E-state index in [0.717, 1.165) is 6.42 Å².